The Morgan fingerprint density at radius 3 is 2.53 bits per heavy atom. The van der Waals surface area contributed by atoms with Crippen LogP contribution in [0.4, 0.5) is 17.2 Å². The number of nitrogens with two attached hydrogens (primary N) is 2. The Hall–Kier alpha value is -1.65. The number of nitrogens with zero attached hydrogens (tertiary/aromatic N) is 2. The Labute approximate surface area is 89.0 Å². The zero-order valence-corrected chi connectivity index (χ0v) is 8.86. The van der Waals surface area contributed by atoms with Crippen molar-refractivity contribution in [1.29, 1.82) is 0 Å². The Morgan fingerprint density at radius 2 is 1.93 bits per heavy atom. The van der Waals surface area contributed by atoms with E-state index in [0.717, 1.165) is 18.9 Å². The van der Waals surface area contributed by atoms with Crippen LogP contribution in [0, 0.1) is 0 Å². The molecule has 2 heterocycles. The van der Waals surface area contributed by atoms with Gasteiger partial charge in [-0.25, -0.2) is 0 Å². The topological polar surface area (TPSA) is 77.4 Å². The van der Waals surface area contributed by atoms with Gasteiger partial charge in [0, 0.05) is 13.1 Å². The van der Waals surface area contributed by atoms with Crippen LogP contribution in [0.25, 0.3) is 0 Å². The van der Waals surface area contributed by atoms with E-state index in [0.29, 0.717) is 17.3 Å². The predicted octanol–water partition coefficient (Wildman–Crippen LogP) is 0.855. The van der Waals surface area contributed by atoms with E-state index in [4.69, 9.17) is 16.2 Å². The summed E-state index contributed by atoms with van der Waals surface area (Å²) in [6.45, 7) is 2.01. The fraction of sp³-hybridized carbons (Fsp3) is 0.500. The predicted molar refractivity (Wildman–Crippen MR) is 61.1 cm³/mol. The zero-order chi connectivity index (χ0) is 10.8. The first kappa shape index (κ1) is 9.89. The molecule has 0 aliphatic carbocycles. The first-order chi connectivity index (χ1) is 7.22. The highest BCUT2D eigenvalue weighted by Crippen LogP contribution is 2.31. The molecule has 1 aliphatic heterocycles. The second-order valence-electron chi connectivity index (χ2n) is 3.69. The Kier molecular flexibility index (Phi) is 2.53. The molecule has 0 bridgehead atoms. The molecule has 0 radical (unpaired) electrons. The quantitative estimate of drug-likeness (QED) is 0.753. The summed E-state index contributed by atoms with van der Waals surface area (Å²) in [6, 6.07) is 1.71. The molecule has 15 heavy (non-hydrogen) atoms. The fourth-order valence-electron chi connectivity index (χ4n) is 1.86. The van der Waals surface area contributed by atoms with Gasteiger partial charge in [0.05, 0.1) is 18.5 Å². The van der Waals surface area contributed by atoms with E-state index >= 15 is 0 Å². The lowest BCUT2D eigenvalue weighted by Crippen LogP contribution is -2.21. The fourth-order valence-corrected chi connectivity index (χ4v) is 1.86. The second kappa shape index (κ2) is 3.84. The van der Waals surface area contributed by atoms with Gasteiger partial charge < -0.3 is 21.1 Å². The maximum Gasteiger partial charge on any atom is 0.239 e. The summed E-state index contributed by atoms with van der Waals surface area (Å²) in [7, 11) is 1.56. The van der Waals surface area contributed by atoms with Gasteiger partial charge in [0.2, 0.25) is 5.88 Å². The van der Waals surface area contributed by atoms with Gasteiger partial charge in [-0.2, -0.15) is 4.98 Å². The van der Waals surface area contributed by atoms with E-state index in [1.807, 2.05) is 0 Å². The number of hydrogen-bond donors (Lipinski definition) is 2. The highest BCUT2D eigenvalue weighted by Gasteiger charge is 2.18. The summed E-state index contributed by atoms with van der Waals surface area (Å²) < 4.78 is 5.08. The molecule has 5 nitrogen and oxygen atoms in total. The number of rotatable bonds is 2. The van der Waals surface area contributed by atoms with Crippen molar-refractivity contribution < 1.29 is 4.74 Å². The molecule has 0 unspecified atom stereocenters. The molecule has 5 heteroatoms. The van der Waals surface area contributed by atoms with Crippen molar-refractivity contribution in [1.82, 2.24) is 4.98 Å². The van der Waals surface area contributed by atoms with Crippen molar-refractivity contribution in [3.63, 3.8) is 0 Å². The Bertz CT molecular complexity index is 361. The van der Waals surface area contributed by atoms with Crippen molar-refractivity contribution in [3.05, 3.63) is 6.07 Å². The SMILES string of the molecule is COc1nc(N2CCCC2)c(N)cc1N. The number of aromatic nitrogens is 1. The molecule has 82 valence electrons. The van der Waals surface area contributed by atoms with Gasteiger partial charge in [0.15, 0.2) is 5.82 Å². The van der Waals surface area contributed by atoms with Crippen LogP contribution in [-0.2, 0) is 0 Å². The molecule has 0 spiro atoms. The molecule has 4 N–H and O–H groups in total. The van der Waals surface area contributed by atoms with Crippen LogP contribution in [-0.4, -0.2) is 25.2 Å². The maximum atomic E-state index is 5.89. The van der Waals surface area contributed by atoms with Gasteiger partial charge in [-0.05, 0) is 18.9 Å². The van der Waals surface area contributed by atoms with E-state index in [1.165, 1.54) is 12.8 Å². The van der Waals surface area contributed by atoms with E-state index in [1.54, 1.807) is 13.2 Å². The van der Waals surface area contributed by atoms with Gasteiger partial charge in [-0.1, -0.05) is 0 Å². The maximum absolute atomic E-state index is 5.89. The number of ether oxygens (including phenoxy) is 1. The highest BCUT2D eigenvalue weighted by molar-refractivity contribution is 5.70. The van der Waals surface area contributed by atoms with E-state index in [-0.39, 0.29) is 0 Å². The summed E-state index contributed by atoms with van der Waals surface area (Å²) in [6.07, 6.45) is 2.38. The monoisotopic (exact) mass is 208 g/mol. The van der Waals surface area contributed by atoms with Gasteiger partial charge in [0.25, 0.3) is 0 Å². The summed E-state index contributed by atoms with van der Waals surface area (Å²) in [5, 5.41) is 0. The first-order valence-corrected chi connectivity index (χ1v) is 5.07. The third-order valence-corrected chi connectivity index (χ3v) is 2.62. The summed E-state index contributed by atoms with van der Waals surface area (Å²) >= 11 is 0. The summed E-state index contributed by atoms with van der Waals surface area (Å²) in [4.78, 5) is 6.49. The summed E-state index contributed by atoms with van der Waals surface area (Å²) in [5.74, 6) is 1.24. The largest absolute Gasteiger partial charge is 0.479 e. The van der Waals surface area contributed by atoms with Crippen molar-refractivity contribution in [2.75, 3.05) is 36.6 Å². The molecule has 1 aromatic rings. The number of anilines is 3. The number of nitrogen functional groups attached to an aromatic ring is 2. The van der Waals surface area contributed by atoms with Gasteiger partial charge in [-0.15, -0.1) is 0 Å². The van der Waals surface area contributed by atoms with Crippen LogP contribution in [0.2, 0.25) is 0 Å². The Balaban J connectivity index is 2.37. The standard InChI is InChI=1S/C10H16N4O/c1-15-10-8(12)6-7(11)9(13-10)14-4-2-3-5-14/h6H,2-5,11-12H2,1H3. The minimum atomic E-state index is 0.450. The molecule has 1 fully saturated rings. The van der Waals surface area contributed by atoms with Gasteiger partial charge in [0.1, 0.15) is 0 Å². The van der Waals surface area contributed by atoms with Crippen molar-refractivity contribution in [2.24, 2.45) is 0 Å². The van der Waals surface area contributed by atoms with Crippen LogP contribution in [0.1, 0.15) is 12.8 Å². The van der Waals surface area contributed by atoms with Crippen molar-refractivity contribution in [3.8, 4) is 5.88 Å². The molecule has 1 aliphatic rings. The van der Waals surface area contributed by atoms with E-state index < -0.39 is 0 Å². The third-order valence-electron chi connectivity index (χ3n) is 2.62. The molecule has 0 saturated carbocycles. The minimum Gasteiger partial charge on any atom is -0.479 e. The second-order valence-corrected chi connectivity index (χ2v) is 3.69. The van der Waals surface area contributed by atoms with Crippen molar-refractivity contribution in [2.45, 2.75) is 12.8 Å². The van der Waals surface area contributed by atoms with Crippen LogP contribution in [0.15, 0.2) is 6.07 Å². The number of hydrogen-bond acceptors (Lipinski definition) is 5. The zero-order valence-electron chi connectivity index (χ0n) is 8.86. The van der Waals surface area contributed by atoms with Gasteiger partial charge in [-0.3, -0.25) is 0 Å². The number of pyridine rings is 1. The molecular weight excluding hydrogens is 192 g/mol. The lowest BCUT2D eigenvalue weighted by molar-refractivity contribution is 0.400. The molecule has 0 amide bonds. The van der Waals surface area contributed by atoms with Crippen LogP contribution in [0.3, 0.4) is 0 Å². The smallest absolute Gasteiger partial charge is 0.239 e. The average molecular weight is 208 g/mol. The molecular formula is C10H16N4O. The Morgan fingerprint density at radius 1 is 1.27 bits per heavy atom. The molecule has 0 atom stereocenters. The molecule has 1 saturated heterocycles. The normalized spacial score (nSPS) is 15.7. The van der Waals surface area contributed by atoms with E-state index in [9.17, 15) is 0 Å². The lowest BCUT2D eigenvalue weighted by atomic mass is 10.3. The lowest BCUT2D eigenvalue weighted by Gasteiger charge is -2.19. The van der Waals surface area contributed by atoms with Crippen LogP contribution >= 0.6 is 0 Å². The summed E-state index contributed by atoms with van der Waals surface area (Å²) in [5.41, 5.74) is 12.7. The molecule has 0 aromatic carbocycles. The minimum absolute atomic E-state index is 0.450. The van der Waals surface area contributed by atoms with Crippen LogP contribution in [0.5, 0.6) is 5.88 Å². The highest BCUT2D eigenvalue weighted by atomic mass is 16.5. The molecule has 1 aromatic heterocycles. The van der Waals surface area contributed by atoms with Crippen molar-refractivity contribution >= 4 is 17.2 Å². The third kappa shape index (κ3) is 1.77. The number of methoxy groups -OCH3 is 1. The average Bonchev–Trinajstić information content (AvgIpc) is 2.71. The molecule has 2 rings (SSSR count). The van der Waals surface area contributed by atoms with E-state index in [2.05, 4.69) is 9.88 Å². The van der Waals surface area contributed by atoms with Crippen LogP contribution < -0.4 is 21.1 Å². The first-order valence-electron chi connectivity index (χ1n) is 5.07. The van der Waals surface area contributed by atoms with Gasteiger partial charge >= 0.3 is 0 Å².